The van der Waals surface area contributed by atoms with Crippen molar-refractivity contribution >= 4 is 23.0 Å². The first kappa shape index (κ1) is 11.9. The van der Waals surface area contributed by atoms with Crippen molar-refractivity contribution in [3.8, 4) is 0 Å². The molecule has 0 saturated carbocycles. The van der Waals surface area contributed by atoms with E-state index in [1.165, 1.54) is 5.56 Å². The standard InChI is InChI=1S/C14H15ClN2/c1-10(2)12-5-3-4-6-13(12)17-11-7-8-16-14(15)9-11/h3-10H,1-2H3,(H,16,17). The maximum Gasteiger partial charge on any atom is 0.131 e. The molecule has 0 aliphatic carbocycles. The molecule has 3 heteroatoms. The fraction of sp³-hybridized carbons (Fsp3) is 0.214. The van der Waals surface area contributed by atoms with Crippen molar-refractivity contribution in [3.05, 3.63) is 53.3 Å². The molecule has 0 saturated heterocycles. The molecule has 0 bridgehead atoms. The molecule has 17 heavy (non-hydrogen) atoms. The zero-order valence-electron chi connectivity index (χ0n) is 9.94. The van der Waals surface area contributed by atoms with Gasteiger partial charge in [-0.2, -0.15) is 0 Å². The number of rotatable bonds is 3. The largest absolute Gasteiger partial charge is 0.355 e. The maximum absolute atomic E-state index is 5.86. The van der Waals surface area contributed by atoms with Crippen molar-refractivity contribution in [2.24, 2.45) is 0 Å². The van der Waals surface area contributed by atoms with E-state index in [-0.39, 0.29) is 0 Å². The quantitative estimate of drug-likeness (QED) is 0.801. The Kier molecular flexibility index (Phi) is 3.64. The number of aromatic nitrogens is 1. The molecule has 0 fully saturated rings. The number of hydrogen-bond donors (Lipinski definition) is 1. The Morgan fingerprint density at radius 2 is 1.94 bits per heavy atom. The van der Waals surface area contributed by atoms with Crippen molar-refractivity contribution in [2.75, 3.05) is 5.32 Å². The van der Waals surface area contributed by atoms with Gasteiger partial charge in [0.2, 0.25) is 0 Å². The van der Waals surface area contributed by atoms with Gasteiger partial charge in [-0.25, -0.2) is 4.98 Å². The second kappa shape index (κ2) is 5.19. The van der Waals surface area contributed by atoms with Crippen LogP contribution in [0.25, 0.3) is 0 Å². The lowest BCUT2D eigenvalue weighted by Crippen LogP contribution is -1.97. The van der Waals surface area contributed by atoms with Crippen LogP contribution in [0.5, 0.6) is 0 Å². The van der Waals surface area contributed by atoms with Crippen LogP contribution >= 0.6 is 11.6 Å². The van der Waals surface area contributed by atoms with E-state index in [0.29, 0.717) is 11.1 Å². The van der Waals surface area contributed by atoms with E-state index >= 15 is 0 Å². The van der Waals surface area contributed by atoms with Crippen LogP contribution in [0.15, 0.2) is 42.6 Å². The fourth-order valence-corrected chi connectivity index (χ4v) is 1.92. The van der Waals surface area contributed by atoms with E-state index in [9.17, 15) is 0 Å². The van der Waals surface area contributed by atoms with Crippen molar-refractivity contribution in [2.45, 2.75) is 19.8 Å². The number of benzene rings is 1. The van der Waals surface area contributed by atoms with Crippen molar-refractivity contribution < 1.29 is 0 Å². The molecule has 0 aliphatic rings. The second-order valence-electron chi connectivity index (χ2n) is 4.23. The van der Waals surface area contributed by atoms with E-state index in [0.717, 1.165) is 11.4 Å². The number of anilines is 2. The van der Waals surface area contributed by atoms with Gasteiger partial charge >= 0.3 is 0 Å². The first-order valence-corrected chi connectivity index (χ1v) is 6.02. The molecule has 2 nitrogen and oxygen atoms in total. The van der Waals surface area contributed by atoms with Gasteiger partial charge in [-0.3, -0.25) is 0 Å². The number of nitrogens with zero attached hydrogens (tertiary/aromatic N) is 1. The van der Waals surface area contributed by atoms with Crippen LogP contribution < -0.4 is 5.32 Å². The molecule has 88 valence electrons. The average Bonchev–Trinajstić information content (AvgIpc) is 2.29. The maximum atomic E-state index is 5.86. The first-order valence-electron chi connectivity index (χ1n) is 5.64. The zero-order chi connectivity index (χ0) is 12.3. The summed E-state index contributed by atoms with van der Waals surface area (Å²) in [6.45, 7) is 4.36. The highest BCUT2D eigenvalue weighted by molar-refractivity contribution is 6.29. The molecule has 2 aromatic rings. The third-order valence-electron chi connectivity index (χ3n) is 2.59. The predicted octanol–water partition coefficient (Wildman–Crippen LogP) is 4.60. The minimum Gasteiger partial charge on any atom is -0.355 e. The smallest absolute Gasteiger partial charge is 0.131 e. The third-order valence-corrected chi connectivity index (χ3v) is 2.80. The van der Waals surface area contributed by atoms with Gasteiger partial charge in [-0.1, -0.05) is 43.6 Å². The van der Waals surface area contributed by atoms with Gasteiger partial charge in [-0.15, -0.1) is 0 Å². The zero-order valence-corrected chi connectivity index (χ0v) is 10.7. The van der Waals surface area contributed by atoms with Gasteiger partial charge in [-0.05, 0) is 29.7 Å². The van der Waals surface area contributed by atoms with Crippen LogP contribution in [-0.2, 0) is 0 Å². The van der Waals surface area contributed by atoms with Crippen molar-refractivity contribution in [1.82, 2.24) is 4.98 Å². The molecule has 0 aliphatic heterocycles. The van der Waals surface area contributed by atoms with Crippen LogP contribution in [-0.4, -0.2) is 4.98 Å². The highest BCUT2D eigenvalue weighted by Crippen LogP contribution is 2.27. The Labute approximate surface area is 107 Å². The van der Waals surface area contributed by atoms with Crippen LogP contribution in [0.3, 0.4) is 0 Å². The van der Waals surface area contributed by atoms with Gasteiger partial charge in [0.15, 0.2) is 0 Å². The summed E-state index contributed by atoms with van der Waals surface area (Å²) in [6.07, 6.45) is 1.70. The summed E-state index contributed by atoms with van der Waals surface area (Å²) >= 11 is 5.86. The molecule has 1 aromatic heterocycles. The lowest BCUT2D eigenvalue weighted by atomic mass is 10.0. The van der Waals surface area contributed by atoms with Crippen molar-refractivity contribution in [1.29, 1.82) is 0 Å². The molecular formula is C14H15ClN2. The normalized spacial score (nSPS) is 10.6. The molecule has 1 heterocycles. The highest BCUT2D eigenvalue weighted by Gasteiger charge is 2.05. The summed E-state index contributed by atoms with van der Waals surface area (Å²) in [5.41, 5.74) is 3.36. The van der Waals surface area contributed by atoms with Crippen LogP contribution in [0, 0.1) is 0 Å². The van der Waals surface area contributed by atoms with E-state index in [1.54, 1.807) is 6.20 Å². The number of halogens is 1. The Bertz CT molecular complexity index is 509. The summed E-state index contributed by atoms with van der Waals surface area (Å²) < 4.78 is 0. The van der Waals surface area contributed by atoms with Crippen LogP contribution in [0.2, 0.25) is 5.15 Å². The molecule has 0 atom stereocenters. The number of nitrogens with one attached hydrogen (secondary N) is 1. The minimum absolute atomic E-state index is 0.482. The van der Waals surface area contributed by atoms with Gasteiger partial charge < -0.3 is 5.32 Å². The summed E-state index contributed by atoms with van der Waals surface area (Å²) in [7, 11) is 0. The molecule has 1 aromatic carbocycles. The molecule has 0 spiro atoms. The van der Waals surface area contributed by atoms with Gasteiger partial charge in [0.1, 0.15) is 5.15 Å². The minimum atomic E-state index is 0.482. The predicted molar refractivity (Wildman–Crippen MR) is 73.1 cm³/mol. The van der Waals surface area contributed by atoms with Gasteiger partial charge in [0.05, 0.1) is 0 Å². The highest BCUT2D eigenvalue weighted by atomic mass is 35.5. The topological polar surface area (TPSA) is 24.9 Å². The second-order valence-corrected chi connectivity index (χ2v) is 4.62. The van der Waals surface area contributed by atoms with Crippen molar-refractivity contribution in [3.63, 3.8) is 0 Å². The molecular weight excluding hydrogens is 232 g/mol. The lowest BCUT2D eigenvalue weighted by molar-refractivity contribution is 0.869. The Balaban J connectivity index is 2.30. The number of hydrogen-bond acceptors (Lipinski definition) is 2. The Morgan fingerprint density at radius 3 is 2.65 bits per heavy atom. The summed E-state index contributed by atoms with van der Waals surface area (Å²) in [5.74, 6) is 0.482. The Hall–Kier alpha value is -1.54. The summed E-state index contributed by atoms with van der Waals surface area (Å²) in [4.78, 5) is 3.96. The van der Waals surface area contributed by atoms with E-state index in [2.05, 4.69) is 42.3 Å². The SMILES string of the molecule is CC(C)c1ccccc1Nc1ccnc(Cl)c1. The summed E-state index contributed by atoms with van der Waals surface area (Å²) in [6, 6.07) is 12.0. The van der Waals surface area contributed by atoms with Crippen LogP contribution in [0.4, 0.5) is 11.4 Å². The lowest BCUT2D eigenvalue weighted by Gasteiger charge is -2.14. The summed E-state index contributed by atoms with van der Waals surface area (Å²) in [5, 5.41) is 3.87. The molecule has 1 N–H and O–H groups in total. The van der Waals surface area contributed by atoms with E-state index in [4.69, 9.17) is 11.6 Å². The van der Waals surface area contributed by atoms with Gasteiger partial charge in [0, 0.05) is 17.6 Å². The first-order chi connectivity index (χ1) is 8.16. The van der Waals surface area contributed by atoms with Gasteiger partial charge in [0.25, 0.3) is 0 Å². The third kappa shape index (κ3) is 2.98. The average molecular weight is 247 g/mol. The Morgan fingerprint density at radius 1 is 1.18 bits per heavy atom. The number of para-hydroxylation sites is 1. The molecule has 0 unspecified atom stereocenters. The number of pyridine rings is 1. The van der Waals surface area contributed by atoms with E-state index in [1.807, 2.05) is 18.2 Å². The van der Waals surface area contributed by atoms with Crippen LogP contribution in [0.1, 0.15) is 25.3 Å². The fourth-order valence-electron chi connectivity index (χ4n) is 1.75. The molecule has 2 rings (SSSR count). The van der Waals surface area contributed by atoms with E-state index < -0.39 is 0 Å². The molecule has 0 amide bonds. The monoisotopic (exact) mass is 246 g/mol. The molecule has 0 radical (unpaired) electrons.